The lowest BCUT2D eigenvalue weighted by Crippen LogP contribution is -2.00. The van der Waals surface area contributed by atoms with E-state index >= 15 is 0 Å². The Kier molecular flexibility index (Phi) is 2.38. The summed E-state index contributed by atoms with van der Waals surface area (Å²) in [6.07, 6.45) is -2.69. The Morgan fingerprint density at radius 3 is 2.25 bits per heavy atom. The second kappa shape index (κ2) is 3.15. The highest BCUT2D eigenvalue weighted by Gasteiger charge is 2.16. The van der Waals surface area contributed by atoms with E-state index in [-0.39, 0.29) is 16.4 Å². The lowest BCUT2D eigenvalue weighted by molar-refractivity contribution is 0.152. The number of alkyl halides is 2. The van der Waals surface area contributed by atoms with E-state index in [1.54, 1.807) is 0 Å². The first-order chi connectivity index (χ1) is 5.54. The molecule has 66 valence electrons. The Labute approximate surface area is 73.1 Å². The molecule has 0 saturated heterocycles. The molecule has 0 aliphatic carbocycles. The average Bonchev–Trinajstić information content (AvgIpc) is 1.97. The Hall–Kier alpha value is -1.03. The van der Waals surface area contributed by atoms with Crippen molar-refractivity contribution in [2.45, 2.75) is 6.43 Å². The van der Waals surface area contributed by atoms with Gasteiger partial charge in [-0.25, -0.2) is 8.78 Å². The van der Waals surface area contributed by atoms with Gasteiger partial charge < -0.3 is 11.5 Å². The monoisotopic (exact) mass is 192 g/mol. The van der Waals surface area contributed by atoms with E-state index in [9.17, 15) is 8.78 Å². The van der Waals surface area contributed by atoms with Crippen LogP contribution in [0.1, 0.15) is 12.0 Å². The number of anilines is 2. The molecule has 0 aliphatic heterocycles. The average molecular weight is 193 g/mol. The quantitative estimate of drug-likeness (QED) is 0.672. The summed E-state index contributed by atoms with van der Waals surface area (Å²) >= 11 is 5.48. The summed E-state index contributed by atoms with van der Waals surface area (Å²) in [5, 5.41) is -0.0586. The van der Waals surface area contributed by atoms with Gasteiger partial charge in [0.05, 0.1) is 22.0 Å². The third-order valence-electron chi connectivity index (χ3n) is 1.49. The number of nitrogen functional groups attached to an aromatic ring is 2. The van der Waals surface area contributed by atoms with Crippen LogP contribution >= 0.6 is 11.6 Å². The van der Waals surface area contributed by atoms with Crippen LogP contribution in [0.3, 0.4) is 0 Å². The molecule has 0 aliphatic rings. The van der Waals surface area contributed by atoms with E-state index in [4.69, 9.17) is 23.1 Å². The Morgan fingerprint density at radius 2 is 1.83 bits per heavy atom. The molecule has 0 heterocycles. The van der Waals surface area contributed by atoms with Gasteiger partial charge in [-0.15, -0.1) is 0 Å². The Morgan fingerprint density at radius 1 is 1.25 bits per heavy atom. The van der Waals surface area contributed by atoms with Crippen LogP contribution < -0.4 is 11.5 Å². The summed E-state index contributed by atoms with van der Waals surface area (Å²) in [4.78, 5) is 0. The van der Waals surface area contributed by atoms with Gasteiger partial charge in [0.2, 0.25) is 0 Å². The smallest absolute Gasteiger partial charge is 0.267 e. The van der Waals surface area contributed by atoms with Gasteiger partial charge in [-0.05, 0) is 12.1 Å². The standard InChI is InChI=1S/C7H7ClF2N2/c8-3-1-2-4(11)6(12)5(3)7(9)10/h1-2,7H,11-12H2. The Balaban J connectivity index is 3.33. The fourth-order valence-corrected chi connectivity index (χ4v) is 1.10. The maximum Gasteiger partial charge on any atom is 0.267 e. The number of halogens is 3. The molecule has 0 spiro atoms. The Bertz CT molecular complexity index is 302. The molecule has 2 nitrogen and oxygen atoms in total. The minimum Gasteiger partial charge on any atom is -0.397 e. The third kappa shape index (κ3) is 1.43. The number of hydrogen-bond donors (Lipinski definition) is 2. The molecule has 0 radical (unpaired) electrons. The van der Waals surface area contributed by atoms with Crippen LogP contribution in [0.15, 0.2) is 12.1 Å². The maximum atomic E-state index is 12.2. The molecule has 0 fully saturated rings. The number of hydrogen-bond acceptors (Lipinski definition) is 2. The minimum atomic E-state index is -2.69. The highest BCUT2D eigenvalue weighted by atomic mass is 35.5. The zero-order valence-electron chi connectivity index (χ0n) is 6.02. The first-order valence-corrected chi connectivity index (χ1v) is 3.53. The normalized spacial score (nSPS) is 10.7. The van der Waals surface area contributed by atoms with Crippen molar-refractivity contribution in [3.63, 3.8) is 0 Å². The lowest BCUT2D eigenvalue weighted by atomic mass is 10.1. The molecule has 12 heavy (non-hydrogen) atoms. The molecular formula is C7H7ClF2N2. The van der Waals surface area contributed by atoms with Gasteiger partial charge in [0.25, 0.3) is 6.43 Å². The molecule has 0 amide bonds. The lowest BCUT2D eigenvalue weighted by Gasteiger charge is -2.08. The summed E-state index contributed by atoms with van der Waals surface area (Å²) in [7, 11) is 0. The maximum absolute atomic E-state index is 12.2. The van der Waals surface area contributed by atoms with E-state index in [1.165, 1.54) is 12.1 Å². The molecule has 4 N–H and O–H groups in total. The molecule has 1 aromatic rings. The van der Waals surface area contributed by atoms with Gasteiger partial charge in [-0.1, -0.05) is 11.6 Å². The van der Waals surface area contributed by atoms with Crippen molar-refractivity contribution in [1.82, 2.24) is 0 Å². The summed E-state index contributed by atoms with van der Waals surface area (Å²) in [6, 6.07) is 2.69. The number of nitrogens with two attached hydrogens (primary N) is 2. The van der Waals surface area contributed by atoms with Crippen molar-refractivity contribution in [2.24, 2.45) is 0 Å². The molecule has 0 unspecified atom stereocenters. The minimum absolute atomic E-state index is 0.0586. The van der Waals surface area contributed by atoms with Crippen LogP contribution in [0, 0.1) is 0 Å². The van der Waals surface area contributed by atoms with Crippen LogP contribution in [0.5, 0.6) is 0 Å². The van der Waals surface area contributed by atoms with E-state index in [0.29, 0.717) is 0 Å². The van der Waals surface area contributed by atoms with E-state index < -0.39 is 12.0 Å². The van der Waals surface area contributed by atoms with Crippen molar-refractivity contribution < 1.29 is 8.78 Å². The van der Waals surface area contributed by atoms with Crippen molar-refractivity contribution in [1.29, 1.82) is 0 Å². The van der Waals surface area contributed by atoms with Gasteiger partial charge in [0.1, 0.15) is 0 Å². The van der Waals surface area contributed by atoms with Crippen molar-refractivity contribution in [3.05, 3.63) is 22.7 Å². The molecular weight excluding hydrogens is 186 g/mol. The van der Waals surface area contributed by atoms with Gasteiger partial charge in [0.15, 0.2) is 0 Å². The van der Waals surface area contributed by atoms with Crippen LogP contribution in [0.4, 0.5) is 20.2 Å². The van der Waals surface area contributed by atoms with Crippen molar-refractivity contribution >= 4 is 23.0 Å². The number of benzene rings is 1. The fourth-order valence-electron chi connectivity index (χ4n) is 0.848. The zero-order chi connectivity index (χ0) is 9.30. The molecule has 5 heteroatoms. The van der Waals surface area contributed by atoms with Crippen LogP contribution in [-0.2, 0) is 0 Å². The first kappa shape index (κ1) is 9.06. The molecule has 1 rings (SSSR count). The van der Waals surface area contributed by atoms with Gasteiger partial charge >= 0.3 is 0 Å². The third-order valence-corrected chi connectivity index (χ3v) is 1.82. The fraction of sp³-hybridized carbons (Fsp3) is 0.143. The highest BCUT2D eigenvalue weighted by Crippen LogP contribution is 2.35. The molecule has 1 aromatic carbocycles. The van der Waals surface area contributed by atoms with Gasteiger partial charge in [-0.2, -0.15) is 0 Å². The van der Waals surface area contributed by atoms with E-state index in [1.807, 2.05) is 0 Å². The van der Waals surface area contributed by atoms with Crippen molar-refractivity contribution in [2.75, 3.05) is 11.5 Å². The van der Waals surface area contributed by atoms with E-state index in [2.05, 4.69) is 0 Å². The zero-order valence-corrected chi connectivity index (χ0v) is 6.78. The topological polar surface area (TPSA) is 52.0 Å². The van der Waals surface area contributed by atoms with Crippen LogP contribution in [0.25, 0.3) is 0 Å². The first-order valence-electron chi connectivity index (χ1n) is 3.15. The summed E-state index contributed by atoms with van der Waals surface area (Å²) in [5.41, 5.74) is 10.2. The summed E-state index contributed by atoms with van der Waals surface area (Å²) in [6.45, 7) is 0. The predicted octanol–water partition coefficient (Wildman–Crippen LogP) is 2.44. The molecule has 0 bridgehead atoms. The van der Waals surface area contributed by atoms with Crippen LogP contribution in [-0.4, -0.2) is 0 Å². The van der Waals surface area contributed by atoms with Crippen LogP contribution in [0.2, 0.25) is 5.02 Å². The molecule has 0 atom stereocenters. The SMILES string of the molecule is Nc1ccc(Cl)c(C(F)F)c1N. The molecule has 0 saturated carbocycles. The summed E-state index contributed by atoms with van der Waals surface area (Å²) in [5.74, 6) is 0. The largest absolute Gasteiger partial charge is 0.397 e. The second-order valence-electron chi connectivity index (χ2n) is 2.26. The van der Waals surface area contributed by atoms with E-state index in [0.717, 1.165) is 0 Å². The summed E-state index contributed by atoms with van der Waals surface area (Å²) < 4.78 is 24.5. The molecule has 0 aromatic heterocycles. The van der Waals surface area contributed by atoms with Gasteiger partial charge in [-0.3, -0.25) is 0 Å². The predicted molar refractivity (Wildman–Crippen MR) is 45.2 cm³/mol. The van der Waals surface area contributed by atoms with Crippen molar-refractivity contribution in [3.8, 4) is 0 Å². The number of rotatable bonds is 1. The second-order valence-corrected chi connectivity index (χ2v) is 2.67. The highest BCUT2D eigenvalue weighted by molar-refractivity contribution is 6.32. The van der Waals surface area contributed by atoms with Gasteiger partial charge in [0, 0.05) is 0 Å².